The average molecular weight is 235 g/mol. The number of aliphatic hydroxyl groups is 1. The van der Waals surface area contributed by atoms with Crippen molar-refractivity contribution in [3.8, 4) is 0 Å². The molecule has 0 radical (unpaired) electrons. The van der Waals surface area contributed by atoms with Crippen molar-refractivity contribution in [1.82, 2.24) is 4.98 Å². The lowest BCUT2D eigenvalue weighted by Gasteiger charge is -2.17. The van der Waals surface area contributed by atoms with E-state index in [0.717, 1.165) is 0 Å². The van der Waals surface area contributed by atoms with E-state index in [0.29, 0.717) is 22.8 Å². The van der Waals surface area contributed by atoms with Crippen LogP contribution in [0.3, 0.4) is 0 Å². The number of para-hydroxylation sites is 1. The molecule has 0 amide bonds. The van der Waals surface area contributed by atoms with Crippen molar-refractivity contribution in [1.29, 1.82) is 0 Å². The minimum Gasteiger partial charge on any atom is -0.423 e. The minimum absolute atomic E-state index is 0.0780. The van der Waals surface area contributed by atoms with E-state index in [2.05, 4.69) is 10.3 Å². The number of fused-ring (bicyclic) bond motifs is 1. The number of hydrogen-bond acceptors (Lipinski definition) is 5. The smallest absolute Gasteiger partial charge is 0.295 e. The van der Waals surface area contributed by atoms with Crippen LogP contribution in [0.25, 0.3) is 11.1 Å². The van der Waals surface area contributed by atoms with E-state index < -0.39 is 0 Å². The Morgan fingerprint density at radius 2 is 2.24 bits per heavy atom. The highest BCUT2D eigenvalue weighted by Gasteiger charge is 2.14. The molecule has 5 nitrogen and oxygen atoms in total. The number of benzene rings is 1. The Morgan fingerprint density at radius 1 is 1.47 bits per heavy atom. The standard InChI is InChI=1S/C12H17N3O2/c1-7(6-16)8(2)14-12-15-11-9(13)4-3-5-10(11)17-12/h3-5,7-8,16H,6,13H2,1-2H3,(H,14,15). The number of rotatable bonds is 4. The number of nitrogen functional groups attached to an aromatic ring is 1. The zero-order chi connectivity index (χ0) is 12.4. The maximum Gasteiger partial charge on any atom is 0.295 e. The first kappa shape index (κ1) is 11.7. The summed E-state index contributed by atoms with van der Waals surface area (Å²) in [6, 6.07) is 5.95. The molecule has 2 aromatic rings. The summed E-state index contributed by atoms with van der Waals surface area (Å²) in [6.45, 7) is 4.05. The summed E-state index contributed by atoms with van der Waals surface area (Å²) in [5.41, 5.74) is 7.72. The maximum absolute atomic E-state index is 9.06. The predicted molar refractivity (Wildman–Crippen MR) is 67.8 cm³/mol. The fourth-order valence-electron chi connectivity index (χ4n) is 1.53. The molecule has 0 spiro atoms. The largest absolute Gasteiger partial charge is 0.423 e. The van der Waals surface area contributed by atoms with Crippen LogP contribution in [-0.4, -0.2) is 22.7 Å². The first-order chi connectivity index (χ1) is 8.11. The first-order valence-corrected chi connectivity index (χ1v) is 5.64. The van der Waals surface area contributed by atoms with E-state index in [1.165, 1.54) is 0 Å². The van der Waals surface area contributed by atoms with Crippen LogP contribution in [0.15, 0.2) is 22.6 Å². The van der Waals surface area contributed by atoms with Gasteiger partial charge in [-0.3, -0.25) is 0 Å². The lowest BCUT2D eigenvalue weighted by Crippen LogP contribution is -2.26. The van der Waals surface area contributed by atoms with Gasteiger partial charge in [-0.15, -0.1) is 0 Å². The van der Waals surface area contributed by atoms with Crippen LogP contribution >= 0.6 is 0 Å². The van der Waals surface area contributed by atoms with Gasteiger partial charge < -0.3 is 20.6 Å². The van der Waals surface area contributed by atoms with Crippen LogP contribution in [0.2, 0.25) is 0 Å². The first-order valence-electron chi connectivity index (χ1n) is 5.64. The normalized spacial score (nSPS) is 14.8. The van der Waals surface area contributed by atoms with Crippen LogP contribution in [0.1, 0.15) is 13.8 Å². The van der Waals surface area contributed by atoms with Gasteiger partial charge in [0.1, 0.15) is 5.52 Å². The van der Waals surface area contributed by atoms with E-state index >= 15 is 0 Å². The summed E-state index contributed by atoms with van der Waals surface area (Å²) in [5, 5.41) is 12.2. The molecule has 0 aliphatic rings. The van der Waals surface area contributed by atoms with Crippen molar-refractivity contribution in [2.24, 2.45) is 5.92 Å². The Balaban J connectivity index is 2.23. The van der Waals surface area contributed by atoms with Crippen LogP contribution < -0.4 is 11.1 Å². The van der Waals surface area contributed by atoms with Crippen LogP contribution in [-0.2, 0) is 0 Å². The highest BCUT2D eigenvalue weighted by atomic mass is 16.4. The molecular formula is C12H17N3O2. The molecule has 2 atom stereocenters. The Morgan fingerprint density at radius 3 is 2.88 bits per heavy atom. The van der Waals surface area contributed by atoms with Gasteiger partial charge >= 0.3 is 0 Å². The third-order valence-electron chi connectivity index (χ3n) is 2.94. The van der Waals surface area contributed by atoms with Gasteiger partial charge in [0.15, 0.2) is 5.58 Å². The molecule has 0 aliphatic heterocycles. The summed E-state index contributed by atoms with van der Waals surface area (Å²) < 4.78 is 5.53. The molecule has 4 N–H and O–H groups in total. The number of nitrogens with zero attached hydrogens (tertiary/aromatic N) is 1. The molecule has 5 heteroatoms. The topological polar surface area (TPSA) is 84.3 Å². The lowest BCUT2D eigenvalue weighted by molar-refractivity contribution is 0.225. The van der Waals surface area contributed by atoms with Gasteiger partial charge in [-0.05, 0) is 25.0 Å². The van der Waals surface area contributed by atoms with Gasteiger partial charge in [0.05, 0.1) is 5.69 Å². The molecule has 0 saturated carbocycles. The second-order valence-electron chi connectivity index (χ2n) is 4.31. The maximum atomic E-state index is 9.06. The summed E-state index contributed by atoms with van der Waals surface area (Å²) in [5.74, 6) is 0.127. The Hall–Kier alpha value is -1.75. The van der Waals surface area contributed by atoms with Gasteiger partial charge in [-0.1, -0.05) is 13.0 Å². The molecule has 0 fully saturated rings. The number of oxazole rings is 1. The van der Waals surface area contributed by atoms with Crippen molar-refractivity contribution in [2.75, 3.05) is 17.7 Å². The Labute approximate surface area is 99.6 Å². The summed E-state index contributed by atoms with van der Waals surface area (Å²) in [7, 11) is 0. The third kappa shape index (κ3) is 2.34. The molecule has 0 saturated heterocycles. The molecule has 2 rings (SSSR count). The van der Waals surface area contributed by atoms with Gasteiger partial charge in [-0.2, -0.15) is 4.98 Å². The highest BCUT2D eigenvalue weighted by molar-refractivity contribution is 5.86. The quantitative estimate of drug-likeness (QED) is 0.704. The van der Waals surface area contributed by atoms with Gasteiger partial charge in [0.2, 0.25) is 0 Å². The predicted octanol–water partition coefficient (Wildman–Crippen LogP) is 1.84. The molecular weight excluding hydrogens is 218 g/mol. The van der Waals surface area contributed by atoms with Crippen molar-refractivity contribution < 1.29 is 9.52 Å². The molecule has 92 valence electrons. The lowest BCUT2D eigenvalue weighted by atomic mass is 10.1. The minimum atomic E-state index is 0.0780. The number of aromatic nitrogens is 1. The number of nitrogens with two attached hydrogens (primary N) is 1. The molecule has 2 unspecified atom stereocenters. The third-order valence-corrected chi connectivity index (χ3v) is 2.94. The van der Waals surface area contributed by atoms with E-state index in [1.807, 2.05) is 26.0 Å². The average Bonchev–Trinajstić information content (AvgIpc) is 2.72. The summed E-state index contributed by atoms with van der Waals surface area (Å²) in [6.07, 6.45) is 0. The SMILES string of the molecule is CC(CO)C(C)Nc1nc2c(N)cccc2o1. The van der Waals surface area contributed by atoms with Crippen LogP contribution in [0.5, 0.6) is 0 Å². The van der Waals surface area contributed by atoms with Gasteiger partial charge in [0, 0.05) is 12.6 Å². The van der Waals surface area contributed by atoms with Gasteiger partial charge in [-0.25, -0.2) is 0 Å². The van der Waals surface area contributed by atoms with Crippen molar-refractivity contribution in [3.63, 3.8) is 0 Å². The molecule has 0 bridgehead atoms. The zero-order valence-electron chi connectivity index (χ0n) is 9.97. The Kier molecular flexibility index (Phi) is 3.19. The summed E-state index contributed by atoms with van der Waals surface area (Å²) in [4.78, 5) is 4.28. The number of anilines is 2. The van der Waals surface area contributed by atoms with Crippen molar-refractivity contribution in [2.45, 2.75) is 19.9 Å². The molecule has 1 heterocycles. The molecule has 1 aromatic heterocycles. The second kappa shape index (κ2) is 4.63. The van der Waals surface area contributed by atoms with E-state index in [1.54, 1.807) is 6.07 Å². The second-order valence-corrected chi connectivity index (χ2v) is 4.31. The van der Waals surface area contributed by atoms with Crippen molar-refractivity contribution in [3.05, 3.63) is 18.2 Å². The van der Waals surface area contributed by atoms with Crippen molar-refractivity contribution >= 4 is 22.8 Å². The van der Waals surface area contributed by atoms with E-state index in [-0.39, 0.29) is 18.6 Å². The molecule has 17 heavy (non-hydrogen) atoms. The number of nitrogens with one attached hydrogen (secondary N) is 1. The number of aliphatic hydroxyl groups excluding tert-OH is 1. The van der Waals surface area contributed by atoms with Gasteiger partial charge in [0.25, 0.3) is 6.01 Å². The highest BCUT2D eigenvalue weighted by Crippen LogP contribution is 2.24. The van der Waals surface area contributed by atoms with Crippen LogP contribution in [0, 0.1) is 5.92 Å². The van der Waals surface area contributed by atoms with Crippen LogP contribution in [0.4, 0.5) is 11.7 Å². The fraction of sp³-hybridized carbons (Fsp3) is 0.417. The monoisotopic (exact) mass is 235 g/mol. The molecule has 0 aliphatic carbocycles. The number of hydrogen-bond donors (Lipinski definition) is 3. The Bertz CT molecular complexity index is 509. The van der Waals surface area contributed by atoms with E-state index in [4.69, 9.17) is 15.3 Å². The fourth-order valence-corrected chi connectivity index (χ4v) is 1.53. The molecule has 1 aromatic carbocycles. The summed E-state index contributed by atoms with van der Waals surface area (Å²) >= 11 is 0. The van der Waals surface area contributed by atoms with E-state index in [9.17, 15) is 0 Å². The zero-order valence-corrected chi connectivity index (χ0v) is 9.97.